The van der Waals surface area contributed by atoms with Crippen molar-refractivity contribution < 1.29 is 5.21 Å². The minimum Gasteiger partial charge on any atom is -0.409 e. The fourth-order valence-electron chi connectivity index (χ4n) is 1.42. The van der Waals surface area contributed by atoms with Crippen LogP contribution in [0.1, 0.15) is 31.7 Å². The van der Waals surface area contributed by atoms with Gasteiger partial charge in [0, 0.05) is 14.9 Å². The van der Waals surface area contributed by atoms with Crippen LogP contribution in [-0.4, -0.2) is 16.8 Å². The molecular formula is C12H17BrN2OS. The highest BCUT2D eigenvalue weighted by Gasteiger charge is 2.08. The lowest BCUT2D eigenvalue weighted by Crippen LogP contribution is -2.14. The van der Waals surface area contributed by atoms with Gasteiger partial charge in [-0.05, 0) is 30.4 Å². The largest absolute Gasteiger partial charge is 0.409 e. The van der Waals surface area contributed by atoms with Crippen LogP contribution in [0.2, 0.25) is 0 Å². The van der Waals surface area contributed by atoms with Crippen LogP contribution in [0.25, 0.3) is 0 Å². The fraction of sp³-hybridized carbons (Fsp3) is 0.417. The normalized spacial score (nSPS) is 11.8. The van der Waals surface area contributed by atoms with Gasteiger partial charge in [-0.1, -0.05) is 40.9 Å². The van der Waals surface area contributed by atoms with E-state index in [2.05, 4.69) is 28.0 Å². The third-order valence-corrected chi connectivity index (χ3v) is 3.98. The third kappa shape index (κ3) is 4.60. The highest BCUT2D eigenvalue weighted by atomic mass is 79.9. The molecule has 0 aliphatic carbocycles. The van der Waals surface area contributed by atoms with Crippen LogP contribution in [0, 0.1) is 0 Å². The quantitative estimate of drug-likeness (QED) is 0.209. The molecule has 0 aromatic heterocycles. The van der Waals surface area contributed by atoms with Crippen molar-refractivity contribution in [2.24, 2.45) is 10.9 Å². The van der Waals surface area contributed by atoms with Gasteiger partial charge < -0.3 is 10.9 Å². The summed E-state index contributed by atoms with van der Waals surface area (Å²) in [5.41, 5.74) is 6.44. The minimum atomic E-state index is 0.157. The SMILES string of the molecule is CCCCCSc1ccc(Br)cc1/C(N)=N/O. The smallest absolute Gasteiger partial charge is 0.171 e. The Balaban J connectivity index is 2.76. The summed E-state index contributed by atoms with van der Waals surface area (Å²) in [6, 6.07) is 5.83. The molecule has 1 aromatic carbocycles. The Kier molecular flexibility index (Phi) is 6.44. The van der Waals surface area contributed by atoms with Crippen molar-refractivity contribution in [3.05, 3.63) is 28.2 Å². The van der Waals surface area contributed by atoms with E-state index in [1.54, 1.807) is 11.8 Å². The Morgan fingerprint density at radius 2 is 2.24 bits per heavy atom. The van der Waals surface area contributed by atoms with Crippen molar-refractivity contribution >= 4 is 33.5 Å². The number of unbranched alkanes of at least 4 members (excludes halogenated alkanes) is 2. The molecule has 3 N–H and O–H groups in total. The number of thioether (sulfide) groups is 1. The van der Waals surface area contributed by atoms with Crippen LogP contribution in [0.15, 0.2) is 32.7 Å². The summed E-state index contributed by atoms with van der Waals surface area (Å²) in [5.74, 6) is 1.21. The van der Waals surface area contributed by atoms with Crippen molar-refractivity contribution in [1.29, 1.82) is 0 Å². The van der Waals surface area contributed by atoms with Crippen LogP contribution in [-0.2, 0) is 0 Å². The van der Waals surface area contributed by atoms with Gasteiger partial charge in [0.05, 0.1) is 0 Å². The first kappa shape index (κ1) is 14.4. The summed E-state index contributed by atoms with van der Waals surface area (Å²) in [5, 5.41) is 11.8. The number of rotatable bonds is 6. The number of amidine groups is 1. The van der Waals surface area contributed by atoms with E-state index in [9.17, 15) is 0 Å². The second-order valence-corrected chi connectivity index (χ2v) is 5.73. The predicted molar refractivity (Wildman–Crippen MR) is 76.9 cm³/mol. The van der Waals surface area contributed by atoms with Crippen LogP contribution in [0.5, 0.6) is 0 Å². The van der Waals surface area contributed by atoms with Gasteiger partial charge in [0.15, 0.2) is 5.84 Å². The van der Waals surface area contributed by atoms with Crippen molar-refractivity contribution in [3.63, 3.8) is 0 Å². The van der Waals surface area contributed by atoms with Crippen LogP contribution >= 0.6 is 27.7 Å². The minimum absolute atomic E-state index is 0.157. The Morgan fingerprint density at radius 1 is 1.47 bits per heavy atom. The summed E-state index contributed by atoms with van der Waals surface area (Å²) < 4.78 is 0.928. The summed E-state index contributed by atoms with van der Waals surface area (Å²) in [6.45, 7) is 2.19. The molecule has 1 rings (SSSR count). The molecule has 0 radical (unpaired) electrons. The van der Waals surface area contributed by atoms with Gasteiger partial charge in [0.2, 0.25) is 0 Å². The van der Waals surface area contributed by atoms with E-state index in [4.69, 9.17) is 10.9 Å². The molecule has 3 nitrogen and oxygen atoms in total. The van der Waals surface area contributed by atoms with E-state index >= 15 is 0 Å². The molecular weight excluding hydrogens is 300 g/mol. The fourth-order valence-corrected chi connectivity index (χ4v) is 2.83. The van der Waals surface area contributed by atoms with Gasteiger partial charge in [-0.2, -0.15) is 0 Å². The van der Waals surface area contributed by atoms with Crippen molar-refractivity contribution in [1.82, 2.24) is 0 Å². The van der Waals surface area contributed by atoms with Crippen LogP contribution < -0.4 is 5.73 Å². The topological polar surface area (TPSA) is 58.6 Å². The van der Waals surface area contributed by atoms with E-state index in [-0.39, 0.29) is 5.84 Å². The van der Waals surface area contributed by atoms with Crippen molar-refractivity contribution in [2.45, 2.75) is 31.1 Å². The number of halogens is 1. The van der Waals surface area contributed by atoms with E-state index in [0.717, 1.165) is 20.7 Å². The first-order valence-corrected chi connectivity index (χ1v) is 7.37. The van der Waals surface area contributed by atoms with Gasteiger partial charge in [0.25, 0.3) is 0 Å². The van der Waals surface area contributed by atoms with E-state index < -0.39 is 0 Å². The van der Waals surface area contributed by atoms with Crippen molar-refractivity contribution in [3.8, 4) is 0 Å². The van der Waals surface area contributed by atoms with Crippen LogP contribution in [0.4, 0.5) is 0 Å². The van der Waals surface area contributed by atoms with Crippen LogP contribution in [0.3, 0.4) is 0 Å². The first-order chi connectivity index (χ1) is 8.19. The lowest BCUT2D eigenvalue weighted by atomic mass is 10.2. The molecule has 17 heavy (non-hydrogen) atoms. The Hall–Kier alpha value is -0.680. The summed E-state index contributed by atoms with van der Waals surface area (Å²) >= 11 is 5.13. The Labute approximate surface area is 115 Å². The molecule has 0 heterocycles. The van der Waals surface area contributed by atoms with Crippen molar-refractivity contribution in [2.75, 3.05) is 5.75 Å². The zero-order valence-electron chi connectivity index (χ0n) is 9.82. The van der Waals surface area contributed by atoms with Gasteiger partial charge >= 0.3 is 0 Å². The molecule has 0 saturated heterocycles. The van der Waals surface area contributed by atoms with E-state index in [1.165, 1.54) is 19.3 Å². The van der Waals surface area contributed by atoms with Gasteiger partial charge in [-0.3, -0.25) is 0 Å². The highest BCUT2D eigenvalue weighted by Crippen LogP contribution is 2.26. The maximum atomic E-state index is 8.75. The van der Waals surface area contributed by atoms with Gasteiger partial charge in [-0.15, -0.1) is 11.8 Å². The molecule has 94 valence electrons. The first-order valence-electron chi connectivity index (χ1n) is 5.59. The predicted octanol–water partition coefficient (Wildman–Crippen LogP) is 3.83. The lowest BCUT2D eigenvalue weighted by Gasteiger charge is -2.08. The number of nitrogens with two attached hydrogens (primary N) is 1. The summed E-state index contributed by atoms with van der Waals surface area (Å²) in [4.78, 5) is 1.06. The van der Waals surface area contributed by atoms with E-state index in [1.807, 2.05) is 18.2 Å². The highest BCUT2D eigenvalue weighted by molar-refractivity contribution is 9.10. The number of nitrogens with zero attached hydrogens (tertiary/aromatic N) is 1. The van der Waals surface area contributed by atoms with E-state index in [0.29, 0.717) is 0 Å². The molecule has 0 fully saturated rings. The molecule has 5 heteroatoms. The Morgan fingerprint density at radius 3 is 2.88 bits per heavy atom. The number of oxime groups is 1. The number of benzene rings is 1. The maximum Gasteiger partial charge on any atom is 0.171 e. The summed E-state index contributed by atoms with van der Waals surface area (Å²) in [6.07, 6.45) is 3.64. The molecule has 0 aliphatic rings. The maximum absolute atomic E-state index is 8.75. The average Bonchev–Trinajstić information content (AvgIpc) is 2.35. The molecule has 0 aliphatic heterocycles. The number of hydrogen-bond acceptors (Lipinski definition) is 3. The van der Waals surface area contributed by atoms with Gasteiger partial charge in [0.1, 0.15) is 0 Å². The monoisotopic (exact) mass is 316 g/mol. The molecule has 0 saturated carbocycles. The summed E-state index contributed by atoms with van der Waals surface area (Å²) in [7, 11) is 0. The molecule has 0 atom stereocenters. The zero-order chi connectivity index (χ0) is 12.7. The molecule has 0 amide bonds. The third-order valence-electron chi connectivity index (χ3n) is 2.33. The molecule has 0 unspecified atom stereocenters. The standard InChI is InChI=1S/C12H17BrN2OS/c1-2-3-4-7-17-11-6-5-9(13)8-10(11)12(14)15-16/h5-6,8,16H,2-4,7H2,1H3,(H2,14,15). The van der Waals surface area contributed by atoms with Gasteiger partial charge in [-0.25, -0.2) is 0 Å². The molecule has 0 bridgehead atoms. The Bertz CT molecular complexity index is 396. The molecule has 0 spiro atoms. The molecule has 1 aromatic rings. The number of hydrogen-bond donors (Lipinski definition) is 2. The lowest BCUT2D eigenvalue weighted by molar-refractivity contribution is 0.318. The zero-order valence-corrected chi connectivity index (χ0v) is 12.2. The average molecular weight is 317 g/mol. The second-order valence-electron chi connectivity index (χ2n) is 3.68. The second kappa shape index (κ2) is 7.61.